The van der Waals surface area contributed by atoms with E-state index in [0.717, 1.165) is 6.42 Å². The third kappa shape index (κ3) is 1.42. The summed E-state index contributed by atoms with van der Waals surface area (Å²) in [4.78, 5) is 13.6. The van der Waals surface area contributed by atoms with Crippen molar-refractivity contribution in [1.29, 1.82) is 0 Å². The van der Waals surface area contributed by atoms with Crippen molar-refractivity contribution in [3.63, 3.8) is 0 Å². The molecule has 0 aliphatic carbocycles. The van der Waals surface area contributed by atoms with Crippen LogP contribution >= 0.6 is 11.3 Å². The molecule has 13 heavy (non-hydrogen) atoms. The van der Waals surface area contributed by atoms with Crippen molar-refractivity contribution in [3.8, 4) is 0 Å². The molecule has 0 unspecified atom stereocenters. The SMILES string of the molecule is Cc1csc2c1CN(C(=O)O)CC2. The molecule has 0 fully saturated rings. The predicted molar refractivity (Wildman–Crippen MR) is 51.2 cm³/mol. The van der Waals surface area contributed by atoms with E-state index in [0.29, 0.717) is 13.1 Å². The van der Waals surface area contributed by atoms with E-state index in [9.17, 15) is 4.79 Å². The molecular formula is C9H11NO2S. The molecular weight excluding hydrogens is 186 g/mol. The van der Waals surface area contributed by atoms with Gasteiger partial charge in [0.1, 0.15) is 0 Å². The maximum absolute atomic E-state index is 10.7. The van der Waals surface area contributed by atoms with E-state index in [1.807, 2.05) is 6.92 Å². The molecule has 0 atom stereocenters. The topological polar surface area (TPSA) is 40.5 Å². The van der Waals surface area contributed by atoms with Crippen molar-refractivity contribution in [2.45, 2.75) is 19.9 Å². The molecule has 0 saturated carbocycles. The zero-order chi connectivity index (χ0) is 9.42. The Labute approximate surface area is 80.6 Å². The van der Waals surface area contributed by atoms with Crippen LogP contribution in [-0.2, 0) is 13.0 Å². The van der Waals surface area contributed by atoms with E-state index in [2.05, 4.69) is 5.38 Å². The average Bonchev–Trinajstić information content (AvgIpc) is 2.47. The number of hydrogen-bond donors (Lipinski definition) is 1. The summed E-state index contributed by atoms with van der Waals surface area (Å²) < 4.78 is 0. The highest BCUT2D eigenvalue weighted by atomic mass is 32.1. The molecule has 1 amide bonds. The summed E-state index contributed by atoms with van der Waals surface area (Å²) in [6.07, 6.45) is 0.0661. The van der Waals surface area contributed by atoms with Crippen LogP contribution in [0.5, 0.6) is 0 Å². The molecule has 4 heteroatoms. The number of amides is 1. The fraction of sp³-hybridized carbons (Fsp3) is 0.444. The zero-order valence-corrected chi connectivity index (χ0v) is 8.23. The van der Waals surface area contributed by atoms with Gasteiger partial charge in [-0.2, -0.15) is 0 Å². The first kappa shape index (κ1) is 8.56. The molecule has 3 nitrogen and oxygen atoms in total. The van der Waals surface area contributed by atoms with Gasteiger partial charge in [-0.3, -0.25) is 0 Å². The van der Waals surface area contributed by atoms with Crippen molar-refractivity contribution >= 4 is 17.4 Å². The Morgan fingerprint density at radius 2 is 2.46 bits per heavy atom. The lowest BCUT2D eigenvalue weighted by molar-refractivity contribution is 0.140. The predicted octanol–water partition coefficient (Wildman–Crippen LogP) is 2.09. The highest BCUT2D eigenvalue weighted by Gasteiger charge is 2.22. The third-order valence-electron chi connectivity index (χ3n) is 2.42. The smallest absolute Gasteiger partial charge is 0.407 e. The van der Waals surface area contributed by atoms with Crippen LogP contribution in [0.25, 0.3) is 0 Å². The number of hydrogen-bond acceptors (Lipinski definition) is 2. The lowest BCUT2D eigenvalue weighted by Crippen LogP contribution is -2.34. The van der Waals surface area contributed by atoms with Crippen LogP contribution in [0.1, 0.15) is 16.0 Å². The van der Waals surface area contributed by atoms with Gasteiger partial charge < -0.3 is 10.0 Å². The first-order valence-corrected chi connectivity index (χ1v) is 5.10. The number of nitrogens with zero attached hydrogens (tertiary/aromatic N) is 1. The molecule has 2 heterocycles. The van der Waals surface area contributed by atoms with Crippen molar-refractivity contribution in [2.75, 3.05) is 6.54 Å². The number of fused-ring (bicyclic) bond motifs is 1. The lowest BCUT2D eigenvalue weighted by Gasteiger charge is -2.24. The van der Waals surface area contributed by atoms with E-state index >= 15 is 0 Å². The van der Waals surface area contributed by atoms with Gasteiger partial charge in [0.15, 0.2) is 0 Å². The summed E-state index contributed by atoms with van der Waals surface area (Å²) in [5, 5.41) is 10.9. The van der Waals surface area contributed by atoms with Gasteiger partial charge in [-0.1, -0.05) is 0 Å². The minimum Gasteiger partial charge on any atom is -0.465 e. The van der Waals surface area contributed by atoms with Crippen LogP contribution in [0, 0.1) is 6.92 Å². The van der Waals surface area contributed by atoms with Gasteiger partial charge in [-0.05, 0) is 29.9 Å². The van der Waals surface area contributed by atoms with Gasteiger partial charge >= 0.3 is 6.09 Å². The summed E-state index contributed by atoms with van der Waals surface area (Å²) in [7, 11) is 0. The first-order valence-electron chi connectivity index (χ1n) is 4.22. The second-order valence-corrected chi connectivity index (χ2v) is 4.24. The monoisotopic (exact) mass is 197 g/mol. The summed E-state index contributed by atoms with van der Waals surface area (Å²) in [5.74, 6) is 0. The molecule has 1 N–H and O–H groups in total. The highest BCUT2D eigenvalue weighted by Crippen LogP contribution is 2.27. The fourth-order valence-corrected chi connectivity index (χ4v) is 2.65. The summed E-state index contributed by atoms with van der Waals surface area (Å²) in [6, 6.07) is 0. The number of rotatable bonds is 0. The summed E-state index contributed by atoms with van der Waals surface area (Å²) in [6.45, 7) is 3.25. The quantitative estimate of drug-likeness (QED) is 0.691. The Morgan fingerprint density at radius 1 is 1.69 bits per heavy atom. The van der Waals surface area contributed by atoms with Crippen LogP contribution in [-0.4, -0.2) is 22.6 Å². The molecule has 70 valence electrons. The van der Waals surface area contributed by atoms with Crippen LogP contribution in [0.2, 0.25) is 0 Å². The van der Waals surface area contributed by atoms with Crippen molar-refractivity contribution < 1.29 is 9.90 Å². The maximum Gasteiger partial charge on any atom is 0.407 e. The third-order valence-corrected chi connectivity index (χ3v) is 3.63. The summed E-state index contributed by atoms with van der Waals surface area (Å²) in [5.41, 5.74) is 2.45. The lowest BCUT2D eigenvalue weighted by atomic mass is 10.1. The molecule has 1 aromatic heterocycles. The van der Waals surface area contributed by atoms with E-state index in [1.54, 1.807) is 11.3 Å². The largest absolute Gasteiger partial charge is 0.465 e. The second-order valence-electron chi connectivity index (χ2n) is 3.27. The van der Waals surface area contributed by atoms with E-state index < -0.39 is 6.09 Å². The van der Waals surface area contributed by atoms with Crippen LogP contribution < -0.4 is 0 Å². The zero-order valence-electron chi connectivity index (χ0n) is 7.41. The van der Waals surface area contributed by atoms with Gasteiger partial charge in [0.05, 0.1) is 6.54 Å². The Hall–Kier alpha value is -1.03. The Balaban J connectivity index is 2.27. The molecule has 1 aliphatic heterocycles. The van der Waals surface area contributed by atoms with Crippen LogP contribution in [0.4, 0.5) is 4.79 Å². The Morgan fingerprint density at radius 3 is 3.15 bits per heavy atom. The van der Waals surface area contributed by atoms with E-state index in [4.69, 9.17) is 5.11 Å². The molecule has 0 spiro atoms. The molecule has 2 rings (SSSR count). The molecule has 0 radical (unpaired) electrons. The number of carbonyl (C=O) groups is 1. The van der Waals surface area contributed by atoms with Crippen molar-refractivity contribution in [3.05, 3.63) is 21.4 Å². The minimum atomic E-state index is -0.809. The molecule has 0 bridgehead atoms. The van der Waals surface area contributed by atoms with Crippen molar-refractivity contribution in [2.24, 2.45) is 0 Å². The average molecular weight is 197 g/mol. The molecule has 1 aromatic rings. The minimum absolute atomic E-state index is 0.569. The van der Waals surface area contributed by atoms with Gasteiger partial charge in [0.25, 0.3) is 0 Å². The van der Waals surface area contributed by atoms with Crippen LogP contribution in [0.15, 0.2) is 5.38 Å². The molecule has 0 saturated heterocycles. The standard InChI is InChI=1S/C9H11NO2S/c1-6-5-13-8-2-3-10(9(11)12)4-7(6)8/h5H,2-4H2,1H3,(H,11,12). The van der Waals surface area contributed by atoms with E-state index in [1.165, 1.54) is 20.9 Å². The first-order chi connectivity index (χ1) is 6.18. The number of thiophene rings is 1. The number of aryl methyl sites for hydroxylation is 1. The van der Waals surface area contributed by atoms with Crippen LogP contribution in [0.3, 0.4) is 0 Å². The van der Waals surface area contributed by atoms with E-state index in [-0.39, 0.29) is 0 Å². The summed E-state index contributed by atoms with van der Waals surface area (Å²) >= 11 is 1.75. The Bertz CT molecular complexity index is 345. The maximum atomic E-state index is 10.7. The molecule has 1 aliphatic rings. The Kier molecular flexibility index (Phi) is 2.00. The second kappa shape index (κ2) is 3.03. The molecule has 0 aromatic carbocycles. The number of carboxylic acid groups (broad SMARTS) is 1. The van der Waals surface area contributed by atoms with Gasteiger partial charge in [0, 0.05) is 11.4 Å². The van der Waals surface area contributed by atoms with Gasteiger partial charge in [0.2, 0.25) is 0 Å². The normalized spacial score (nSPS) is 15.6. The van der Waals surface area contributed by atoms with Gasteiger partial charge in [-0.15, -0.1) is 11.3 Å². The highest BCUT2D eigenvalue weighted by molar-refractivity contribution is 7.10. The van der Waals surface area contributed by atoms with Crippen molar-refractivity contribution in [1.82, 2.24) is 4.90 Å². The fourth-order valence-electron chi connectivity index (χ4n) is 1.61. The van der Waals surface area contributed by atoms with Gasteiger partial charge in [-0.25, -0.2) is 4.79 Å².